The van der Waals surface area contributed by atoms with Crippen molar-refractivity contribution >= 4 is 35.6 Å². The van der Waals surface area contributed by atoms with Gasteiger partial charge in [0.1, 0.15) is 19.6 Å². The van der Waals surface area contributed by atoms with Gasteiger partial charge in [-0.25, -0.2) is 0 Å². The van der Waals surface area contributed by atoms with Crippen LogP contribution in [0.1, 0.15) is 31.1 Å². The van der Waals surface area contributed by atoms with Crippen LogP contribution in [0.2, 0.25) is 0 Å². The maximum Gasteiger partial charge on any atom is 0.322 e. The van der Waals surface area contributed by atoms with E-state index in [1.54, 1.807) is 0 Å². The zero-order valence-corrected chi connectivity index (χ0v) is 15.1. The number of benzene rings is 1. The van der Waals surface area contributed by atoms with E-state index in [1.807, 2.05) is 16.0 Å². The largest absolute Gasteiger partial charge is 0.480 e. The topological polar surface area (TPSA) is 294 Å². The molecule has 168 valence electrons. The van der Waals surface area contributed by atoms with Gasteiger partial charge in [0, 0.05) is 16.7 Å². The van der Waals surface area contributed by atoms with Gasteiger partial charge in [0.2, 0.25) is 0 Å². The fourth-order valence-corrected chi connectivity index (χ4v) is 1.79. The number of hydrogen-bond acceptors (Lipinski definition) is 6. The normalized spacial score (nSPS) is 8.80. The van der Waals surface area contributed by atoms with E-state index in [4.69, 9.17) is 15.3 Å². The number of carboxylic acid groups (broad SMARTS) is 3. The lowest BCUT2D eigenvalue weighted by Gasteiger charge is -2.10. The number of rotatable bonds is 9. The molecule has 0 aliphatic rings. The summed E-state index contributed by atoms with van der Waals surface area (Å²) in [5, 5.41) is 31.9. The van der Waals surface area contributed by atoms with E-state index in [2.05, 4.69) is 0 Å². The molecule has 30 heavy (non-hydrogen) atoms. The average molecular weight is 435 g/mol. The van der Waals surface area contributed by atoms with Crippen LogP contribution >= 0.6 is 0 Å². The second-order valence-corrected chi connectivity index (χ2v) is 5.03. The number of aliphatic carboxylic acids is 3. The van der Waals surface area contributed by atoms with Gasteiger partial charge in [0.05, 0.1) is 0 Å². The maximum absolute atomic E-state index is 12.0. The highest BCUT2D eigenvalue weighted by Gasteiger charge is 2.17. The highest BCUT2D eigenvalue weighted by molar-refractivity contribution is 6.05. The Morgan fingerprint density at radius 3 is 0.900 bits per heavy atom. The lowest BCUT2D eigenvalue weighted by atomic mass is 10.0. The molecule has 0 fully saturated rings. The predicted molar refractivity (Wildman–Crippen MR) is 97.2 cm³/mol. The molecule has 15 heteroatoms. The van der Waals surface area contributed by atoms with Crippen LogP contribution in [0, 0.1) is 0 Å². The first kappa shape index (κ1) is 30.6. The number of nitrogens with one attached hydrogen (secondary N) is 3. The van der Waals surface area contributed by atoms with Crippen LogP contribution in [0.25, 0.3) is 0 Å². The molecule has 0 bridgehead atoms. The summed E-state index contributed by atoms with van der Waals surface area (Å²) >= 11 is 0. The van der Waals surface area contributed by atoms with Crippen LogP contribution in [-0.4, -0.2) is 87.0 Å². The maximum atomic E-state index is 12.0. The summed E-state index contributed by atoms with van der Waals surface area (Å²) in [6.45, 7) is -2.14. The van der Waals surface area contributed by atoms with Crippen LogP contribution in [0.4, 0.5) is 0 Å². The van der Waals surface area contributed by atoms with Crippen molar-refractivity contribution in [3.8, 4) is 0 Å². The number of carbonyl (C=O) groups is 6. The van der Waals surface area contributed by atoms with Gasteiger partial charge in [-0.1, -0.05) is 0 Å². The summed E-state index contributed by atoms with van der Waals surface area (Å²) in [6, 6.07) is 3.09. The molecule has 1 rings (SSSR count). The van der Waals surface area contributed by atoms with Crippen LogP contribution in [-0.2, 0) is 14.4 Å². The minimum absolute atomic E-state index is 0. The van der Waals surface area contributed by atoms with Crippen molar-refractivity contribution < 1.29 is 60.5 Å². The average Bonchev–Trinajstić information content (AvgIpc) is 2.61. The van der Waals surface area contributed by atoms with Gasteiger partial charge in [0.25, 0.3) is 17.7 Å². The third-order valence-corrected chi connectivity index (χ3v) is 2.92. The molecule has 0 saturated heterocycles. The monoisotopic (exact) mass is 435 g/mol. The lowest BCUT2D eigenvalue weighted by Crippen LogP contribution is -2.33. The predicted octanol–water partition coefficient (Wildman–Crippen LogP) is -4.34. The molecule has 0 atom stereocenters. The van der Waals surface area contributed by atoms with E-state index >= 15 is 0 Å². The Morgan fingerprint density at radius 2 is 0.733 bits per heavy atom. The van der Waals surface area contributed by atoms with Gasteiger partial charge in [-0.15, -0.1) is 0 Å². The van der Waals surface area contributed by atoms with Crippen molar-refractivity contribution in [1.29, 1.82) is 0 Å². The molecule has 0 aliphatic carbocycles. The summed E-state index contributed by atoms with van der Waals surface area (Å²) in [4.78, 5) is 67.6. The molecule has 0 radical (unpaired) electrons. The molecule has 3 amide bonds. The molecule has 12 N–H and O–H groups in total. The van der Waals surface area contributed by atoms with E-state index in [-0.39, 0.29) is 33.1 Å². The Morgan fingerprint density at radius 1 is 0.533 bits per heavy atom. The zero-order chi connectivity index (χ0) is 20.6. The number of carbonyl (C=O) groups excluding carboxylic acids is 3. The van der Waals surface area contributed by atoms with E-state index in [0.29, 0.717) is 0 Å². The molecule has 0 aromatic heterocycles. The second kappa shape index (κ2) is 14.0. The summed E-state index contributed by atoms with van der Waals surface area (Å²) in [5.74, 6) is -6.68. The molecule has 0 saturated carbocycles. The molecule has 1 aromatic rings. The Kier molecular flexibility index (Phi) is 14.3. The molecule has 0 unspecified atom stereocenters. The Hall–Kier alpha value is -4.08. The van der Waals surface area contributed by atoms with Crippen molar-refractivity contribution in [1.82, 2.24) is 16.0 Å². The molecular weight excluding hydrogens is 414 g/mol. The smallest absolute Gasteiger partial charge is 0.322 e. The van der Waals surface area contributed by atoms with Gasteiger partial charge >= 0.3 is 17.9 Å². The van der Waals surface area contributed by atoms with Crippen molar-refractivity contribution in [3.05, 3.63) is 34.9 Å². The van der Waals surface area contributed by atoms with Crippen molar-refractivity contribution in [2.45, 2.75) is 0 Å². The number of amides is 3. The molecule has 0 spiro atoms. The van der Waals surface area contributed by atoms with Crippen LogP contribution in [0.15, 0.2) is 18.2 Å². The molecule has 0 aliphatic heterocycles. The first-order chi connectivity index (χ1) is 12.6. The fraction of sp³-hybridized carbons (Fsp3) is 0.200. The second-order valence-electron chi connectivity index (χ2n) is 5.03. The Labute approximate surface area is 167 Å². The molecule has 0 heterocycles. The molecule has 15 nitrogen and oxygen atoms in total. The van der Waals surface area contributed by atoms with E-state index in [1.165, 1.54) is 0 Å². The Bertz CT molecular complexity index is 691. The summed E-state index contributed by atoms with van der Waals surface area (Å²) in [7, 11) is 0. The first-order valence-electron chi connectivity index (χ1n) is 7.25. The van der Waals surface area contributed by atoms with E-state index in [9.17, 15) is 28.8 Å². The zero-order valence-electron chi connectivity index (χ0n) is 15.1. The van der Waals surface area contributed by atoms with Gasteiger partial charge in [-0.05, 0) is 18.2 Å². The SMILES string of the molecule is O.O.O.O=C(O)CNC(=O)c1cc(C(=O)NCC(=O)O)cc(C(=O)NCC(=O)O)c1. The van der Waals surface area contributed by atoms with Crippen molar-refractivity contribution in [2.75, 3.05) is 19.6 Å². The summed E-state index contributed by atoms with van der Waals surface area (Å²) in [5.41, 5.74) is -0.751. The quantitative estimate of drug-likeness (QED) is 0.218. The van der Waals surface area contributed by atoms with Crippen LogP contribution < -0.4 is 16.0 Å². The third-order valence-electron chi connectivity index (χ3n) is 2.92. The van der Waals surface area contributed by atoms with Gasteiger partial charge in [0.15, 0.2) is 0 Å². The number of hydrogen-bond donors (Lipinski definition) is 6. The summed E-state index contributed by atoms with van der Waals surface area (Å²) < 4.78 is 0. The highest BCUT2D eigenvalue weighted by Crippen LogP contribution is 2.11. The minimum atomic E-state index is -1.32. The molecule has 1 aromatic carbocycles. The summed E-state index contributed by atoms with van der Waals surface area (Å²) in [6.07, 6.45) is 0. The fourth-order valence-electron chi connectivity index (χ4n) is 1.79. The van der Waals surface area contributed by atoms with Crippen LogP contribution in [0.5, 0.6) is 0 Å². The third kappa shape index (κ3) is 10.3. The molecular formula is C15H21N3O12. The Balaban J connectivity index is -0.00000243. The lowest BCUT2D eigenvalue weighted by molar-refractivity contribution is -0.136. The number of carboxylic acids is 3. The highest BCUT2D eigenvalue weighted by atomic mass is 16.4. The van der Waals surface area contributed by atoms with E-state index in [0.717, 1.165) is 18.2 Å². The van der Waals surface area contributed by atoms with Crippen molar-refractivity contribution in [3.63, 3.8) is 0 Å². The van der Waals surface area contributed by atoms with Crippen molar-refractivity contribution in [2.24, 2.45) is 0 Å². The standard InChI is InChI=1S/C15H15N3O9.3H2O/c19-10(20)4-16-13(25)7-1-8(14(26)17-5-11(21)22)3-9(2-7)15(27)18-6-12(23)24;;;/h1-3H,4-6H2,(H,16,25)(H,17,26)(H,18,27)(H,19,20)(H,21,22)(H,23,24);3*1H2. The van der Waals surface area contributed by atoms with Gasteiger partial charge in [-0.2, -0.15) is 0 Å². The van der Waals surface area contributed by atoms with E-state index < -0.39 is 55.3 Å². The van der Waals surface area contributed by atoms with Gasteiger partial charge in [-0.3, -0.25) is 28.8 Å². The van der Waals surface area contributed by atoms with Crippen LogP contribution in [0.3, 0.4) is 0 Å². The van der Waals surface area contributed by atoms with Gasteiger partial charge < -0.3 is 47.7 Å². The first-order valence-corrected chi connectivity index (χ1v) is 7.25. The minimum Gasteiger partial charge on any atom is -0.480 e.